The number of rotatable bonds is 7. The molecule has 0 atom stereocenters. The number of nitrogens with one attached hydrogen (secondary N) is 2. The second kappa shape index (κ2) is 9.76. The van der Waals surface area contributed by atoms with Crippen LogP contribution in [-0.2, 0) is 6.54 Å². The van der Waals surface area contributed by atoms with Crippen LogP contribution in [0.2, 0.25) is 0 Å². The molecule has 4 aromatic rings. The highest BCUT2D eigenvalue weighted by molar-refractivity contribution is 9.10. The van der Waals surface area contributed by atoms with Crippen LogP contribution >= 0.6 is 27.3 Å². The third kappa shape index (κ3) is 5.31. The Kier molecular flexibility index (Phi) is 6.64. The topological polar surface area (TPSA) is 63.2 Å². The highest BCUT2D eigenvalue weighted by Crippen LogP contribution is 2.33. The summed E-state index contributed by atoms with van der Waals surface area (Å²) in [4.78, 5) is 18.3. The molecule has 7 heteroatoms. The van der Waals surface area contributed by atoms with Crippen molar-refractivity contribution in [3.63, 3.8) is 0 Å². The van der Waals surface area contributed by atoms with Crippen LogP contribution in [-0.4, -0.2) is 18.0 Å². The number of hydrogen-bond acceptors (Lipinski definition) is 5. The van der Waals surface area contributed by atoms with Gasteiger partial charge in [-0.05, 0) is 42.0 Å². The van der Waals surface area contributed by atoms with Crippen molar-refractivity contribution in [2.24, 2.45) is 0 Å². The molecule has 0 saturated heterocycles. The van der Waals surface area contributed by atoms with Crippen molar-refractivity contribution < 1.29 is 9.53 Å². The van der Waals surface area contributed by atoms with Gasteiger partial charge in [0.2, 0.25) is 0 Å². The van der Waals surface area contributed by atoms with Crippen molar-refractivity contribution in [1.29, 1.82) is 0 Å². The van der Waals surface area contributed by atoms with Crippen LogP contribution in [0, 0.1) is 0 Å². The lowest BCUT2D eigenvalue weighted by Gasteiger charge is -2.06. The molecule has 0 radical (unpaired) electrons. The first-order valence-corrected chi connectivity index (χ1v) is 11.2. The molecule has 0 saturated carbocycles. The molecule has 0 aliphatic rings. The van der Waals surface area contributed by atoms with E-state index in [4.69, 9.17) is 9.72 Å². The van der Waals surface area contributed by atoms with Crippen molar-refractivity contribution in [2.75, 3.05) is 12.4 Å². The fraction of sp³-hybridized carbons (Fsp3) is 0.0833. The Morgan fingerprint density at radius 2 is 1.71 bits per heavy atom. The summed E-state index contributed by atoms with van der Waals surface area (Å²) in [7, 11) is 1.63. The van der Waals surface area contributed by atoms with Gasteiger partial charge in [0.05, 0.1) is 12.8 Å². The van der Waals surface area contributed by atoms with Gasteiger partial charge in [0, 0.05) is 22.3 Å². The molecule has 3 aromatic carbocycles. The van der Waals surface area contributed by atoms with E-state index in [1.165, 1.54) is 11.3 Å². The van der Waals surface area contributed by atoms with Crippen LogP contribution in [0.1, 0.15) is 15.2 Å². The highest BCUT2D eigenvalue weighted by Gasteiger charge is 2.19. The molecule has 0 fully saturated rings. The predicted molar refractivity (Wildman–Crippen MR) is 129 cm³/mol. The van der Waals surface area contributed by atoms with Crippen LogP contribution in [0.3, 0.4) is 0 Å². The Bertz CT molecular complexity index is 1160. The van der Waals surface area contributed by atoms with Crippen LogP contribution in [0.5, 0.6) is 5.75 Å². The molecule has 5 nitrogen and oxygen atoms in total. The number of ether oxygens (including phenoxy) is 1. The van der Waals surface area contributed by atoms with E-state index in [9.17, 15) is 4.79 Å². The molecule has 1 amide bonds. The minimum Gasteiger partial charge on any atom is -0.497 e. The average molecular weight is 494 g/mol. The number of carbonyl (C=O) groups is 1. The molecular weight excluding hydrogens is 474 g/mol. The summed E-state index contributed by atoms with van der Waals surface area (Å²) in [5.74, 6) is 0.628. The van der Waals surface area contributed by atoms with Crippen LogP contribution in [0.15, 0.2) is 83.3 Å². The summed E-state index contributed by atoms with van der Waals surface area (Å²) in [6, 6.07) is 25.2. The molecule has 31 heavy (non-hydrogen) atoms. The van der Waals surface area contributed by atoms with E-state index >= 15 is 0 Å². The van der Waals surface area contributed by atoms with E-state index in [1.54, 1.807) is 7.11 Å². The number of amides is 1. The van der Waals surface area contributed by atoms with Gasteiger partial charge in [-0.15, -0.1) is 0 Å². The molecule has 1 heterocycles. The molecule has 0 bridgehead atoms. The van der Waals surface area contributed by atoms with Crippen molar-refractivity contribution in [3.05, 3.63) is 93.8 Å². The van der Waals surface area contributed by atoms with Crippen molar-refractivity contribution in [2.45, 2.75) is 6.54 Å². The lowest BCUT2D eigenvalue weighted by molar-refractivity contribution is 0.0955. The standard InChI is InChI=1S/C24H20BrN3O2S/c1-30-20-13-7-16(8-14-20)15-26-23(29)22-21(17-5-3-2-4-6-17)28-24(31-22)27-19-11-9-18(25)10-12-19/h2-14H,15H2,1H3,(H,26,29)(H,27,28). The number of halogens is 1. The number of methoxy groups -OCH3 is 1. The maximum Gasteiger partial charge on any atom is 0.264 e. The molecule has 1 aromatic heterocycles. The smallest absolute Gasteiger partial charge is 0.264 e. The molecule has 4 rings (SSSR count). The van der Waals surface area contributed by atoms with Crippen LogP contribution in [0.25, 0.3) is 11.3 Å². The van der Waals surface area contributed by atoms with Gasteiger partial charge >= 0.3 is 0 Å². The van der Waals surface area contributed by atoms with Gasteiger partial charge in [-0.1, -0.05) is 69.7 Å². The highest BCUT2D eigenvalue weighted by atomic mass is 79.9. The summed E-state index contributed by atoms with van der Waals surface area (Å²) in [6.45, 7) is 0.421. The van der Waals surface area contributed by atoms with E-state index in [2.05, 4.69) is 26.6 Å². The van der Waals surface area contributed by atoms with Crippen LogP contribution in [0.4, 0.5) is 10.8 Å². The largest absolute Gasteiger partial charge is 0.497 e. The maximum absolute atomic E-state index is 13.0. The average Bonchev–Trinajstić information content (AvgIpc) is 3.24. The Morgan fingerprint density at radius 1 is 1.00 bits per heavy atom. The second-order valence-electron chi connectivity index (χ2n) is 6.73. The van der Waals surface area contributed by atoms with E-state index < -0.39 is 0 Å². The number of thiazole rings is 1. The Labute approximate surface area is 193 Å². The molecule has 0 spiro atoms. The van der Waals surface area contributed by atoms with Gasteiger partial charge in [-0.3, -0.25) is 4.79 Å². The first kappa shape index (κ1) is 21.1. The normalized spacial score (nSPS) is 10.5. The first-order valence-electron chi connectivity index (χ1n) is 9.62. The zero-order valence-electron chi connectivity index (χ0n) is 16.8. The molecule has 2 N–H and O–H groups in total. The quantitative estimate of drug-likeness (QED) is 0.319. The zero-order chi connectivity index (χ0) is 21.6. The van der Waals surface area contributed by atoms with Gasteiger partial charge < -0.3 is 15.4 Å². The van der Waals surface area contributed by atoms with Gasteiger partial charge in [0.1, 0.15) is 10.6 Å². The number of benzene rings is 3. The molecular formula is C24H20BrN3O2S. The summed E-state index contributed by atoms with van der Waals surface area (Å²) in [5, 5.41) is 6.96. The molecule has 0 aliphatic heterocycles. The number of hydrogen-bond donors (Lipinski definition) is 2. The van der Waals surface area contributed by atoms with Crippen molar-refractivity contribution >= 4 is 44.0 Å². The van der Waals surface area contributed by atoms with E-state index in [1.807, 2.05) is 78.9 Å². The minimum atomic E-state index is -0.156. The molecule has 0 aliphatic carbocycles. The van der Waals surface area contributed by atoms with Crippen molar-refractivity contribution in [1.82, 2.24) is 10.3 Å². The number of anilines is 2. The zero-order valence-corrected chi connectivity index (χ0v) is 19.2. The van der Waals surface area contributed by atoms with Crippen molar-refractivity contribution in [3.8, 4) is 17.0 Å². The third-order valence-corrected chi connectivity index (χ3v) is 6.09. The van der Waals surface area contributed by atoms with E-state index in [0.29, 0.717) is 22.2 Å². The van der Waals surface area contributed by atoms with Gasteiger partial charge in [-0.25, -0.2) is 4.98 Å². The third-order valence-electron chi connectivity index (χ3n) is 4.59. The van der Waals surface area contributed by atoms with Crippen LogP contribution < -0.4 is 15.4 Å². The number of carbonyl (C=O) groups excluding carboxylic acids is 1. The lowest BCUT2D eigenvalue weighted by Crippen LogP contribution is -2.22. The Hall–Kier alpha value is -3.16. The predicted octanol–water partition coefficient (Wildman–Crippen LogP) is 6.25. The summed E-state index contributed by atoms with van der Waals surface area (Å²) in [6.07, 6.45) is 0. The van der Waals surface area contributed by atoms with E-state index in [-0.39, 0.29) is 5.91 Å². The summed E-state index contributed by atoms with van der Waals surface area (Å²) in [5.41, 5.74) is 3.46. The monoisotopic (exact) mass is 493 g/mol. The fourth-order valence-corrected chi connectivity index (χ4v) is 4.17. The van der Waals surface area contributed by atoms with Gasteiger partial charge in [0.25, 0.3) is 5.91 Å². The summed E-state index contributed by atoms with van der Waals surface area (Å²) < 4.78 is 6.18. The Morgan fingerprint density at radius 3 is 2.39 bits per heavy atom. The fourth-order valence-electron chi connectivity index (χ4n) is 2.98. The summed E-state index contributed by atoms with van der Waals surface area (Å²) >= 11 is 4.78. The SMILES string of the molecule is COc1ccc(CNC(=O)c2sc(Nc3ccc(Br)cc3)nc2-c2ccccc2)cc1. The minimum absolute atomic E-state index is 0.156. The first-order chi connectivity index (χ1) is 15.1. The molecule has 156 valence electrons. The Balaban J connectivity index is 1.57. The second-order valence-corrected chi connectivity index (χ2v) is 8.64. The lowest BCUT2D eigenvalue weighted by atomic mass is 10.1. The molecule has 0 unspecified atom stereocenters. The van der Waals surface area contributed by atoms with Gasteiger partial charge in [0.15, 0.2) is 5.13 Å². The number of nitrogens with zero attached hydrogens (tertiary/aromatic N) is 1. The van der Waals surface area contributed by atoms with E-state index in [0.717, 1.165) is 27.0 Å². The number of aromatic nitrogens is 1. The van der Waals surface area contributed by atoms with Gasteiger partial charge in [-0.2, -0.15) is 0 Å². The maximum atomic E-state index is 13.0.